The number of nitrogens with zero attached hydrogens (tertiary/aromatic N) is 5. The first-order chi connectivity index (χ1) is 15.3. The summed E-state index contributed by atoms with van der Waals surface area (Å²) >= 11 is 0. The minimum atomic E-state index is 0.314. The molecule has 0 aliphatic rings. The molecule has 0 radical (unpaired) electrons. The van der Waals surface area contributed by atoms with Gasteiger partial charge in [-0.05, 0) is 50.9 Å². The largest absolute Gasteiger partial charge is 0.480 e. The molecule has 3 heterocycles. The molecule has 0 saturated heterocycles. The Hall–Kier alpha value is -2.51. The maximum Gasteiger partial charge on any atom is 0.222 e. The third-order valence-electron chi connectivity index (χ3n) is 5.99. The van der Waals surface area contributed by atoms with Gasteiger partial charge in [0.25, 0.3) is 0 Å². The molecule has 32 heavy (non-hydrogen) atoms. The van der Waals surface area contributed by atoms with E-state index >= 15 is 0 Å². The van der Waals surface area contributed by atoms with Gasteiger partial charge in [0.05, 0.1) is 30.7 Å². The number of ether oxygens (including phenoxy) is 2. The van der Waals surface area contributed by atoms with Gasteiger partial charge in [-0.25, -0.2) is 15.0 Å². The van der Waals surface area contributed by atoms with Gasteiger partial charge in [-0.15, -0.1) is 0 Å². The molecule has 3 aromatic heterocycles. The Balaban J connectivity index is 2.04. The summed E-state index contributed by atoms with van der Waals surface area (Å²) in [6.07, 6.45) is 3.20. The summed E-state index contributed by atoms with van der Waals surface area (Å²) in [6, 6.07) is 4.42. The van der Waals surface area contributed by atoms with Crippen LogP contribution >= 0.6 is 0 Å². The first-order valence-corrected chi connectivity index (χ1v) is 11.4. The molecule has 7 nitrogen and oxygen atoms in total. The molecule has 0 aliphatic heterocycles. The van der Waals surface area contributed by atoms with Crippen LogP contribution in [-0.4, -0.2) is 65.4 Å². The van der Waals surface area contributed by atoms with Gasteiger partial charge in [0.2, 0.25) is 5.88 Å². The topological polar surface area (TPSA) is 65.3 Å². The maximum absolute atomic E-state index is 5.62. The highest BCUT2D eigenvalue weighted by Crippen LogP contribution is 2.33. The minimum Gasteiger partial charge on any atom is -0.480 e. The average molecular weight is 440 g/mol. The van der Waals surface area contributed by atoms with Crippen molar-refractivity contribution in [3.8, 4) is 17.1 Å². The van der Waals surface area contributed by atoms with E-state index in [9.17, 15) is 0 Å². The van der Waals surface area contributed by atoms with Crippen LogP contribution in [0.5, 0.6) is 5.88 Å². The van der Waals surface area contributed by atoms with Gasteiger partial charge >= 0.3 is 0 Å². The van der Waals surface area contributed by atoms with Crippen molar-refractivity contribution in [2.45, 2.75) is 53.0 Å². The van der Waals surface area contributed by atoms with Crippen molar-refractivity contribution in [2.75, 3.05) is 41.0 Å². The van der Waals surface area contributed by atoms with Crippen molar-refractivity contribution in [3.63, 3.8) is 0 Å². The first kappa shape index (κ1) is 24.1. The molecule has 3 aromatic rings. The van der Waals surface area contributed by atoms with E-state index < -0.39 is 0 Å². The fourth-order valence-electron chi connectivity index (χ4n) is 4.04. The summed E-state index contributed by atoms with van der Waals surface area (Å²) < 4.78 is 13.1. The second-order valence-corrected chi connectivity index (χ2v) is 8.81. The van der Waals surface area contributed by atoms with Crippen LogP contribution in [0, 0.1) is 13.8 Å². The summed E-state index contributed by atoms with van der Waals surface area (Å²) in [5.41, 5.74) is 6.56. The Bertz CT molecular complexity index is 1060. The van der Waals surface area contributed by atoms with Crippen LogP contribution in [0.15, 0.2) is 18.3 Å². The number of methoxy groups -OCH3 is 2. The molecule has 3 rings (SSSR count). The minimum absolute atomic E-state index is 0.314. The number of fused-ring (bicyclic) bond motifs is 1. The predicted molar refractivity (Wildman–Crippen MR) is 130 cm³/mol. The summed E-state index contributed by atoms with van der Waals surface area (Å²) in [7, 11) is 5.53. The van der Waals surface area contributed by atoms with E-state index in [0.29, 0.717) is 17.8 Å². The van der Waals surface area contributed by atoms with E-state index in [1.807, 2.05) is 6.92 Å². The third-order valence-corrected chi connectivity index (χ3v) is 5.99. The van der Waals surface area contributed by atoms with E-state index in [1.54, 1.807) is 14.2 Å². The molecule has 1 unspecified atom stereocenters. The molecule has 0 N–H and O–H groups in total. The van der Waals surface area contributed by atoms with Gasteiger partial charge in [0, 0.05) is 38.1 Å². The van der Waals surface area contributed by atoms with Gasteiger partial charge in [-0.2, -0.15) is 0 Å². The smallest absolute Gasteiger partial charge is 0.222 e. The number of pyridine rings is 1. The number of likely N-dealkylation sites (N-methyl/N-ethyl adjacent to an activating group) is 1. The third kappa shape index (κ3) is 4.94. The van der Waals surface area contributed by atoms with Crippen molar-refractivity contribution in [3.05, 3.63) is 35.3 Å². The number of aromatic nitrogens is 4. The van der Waals surface area contributed by atoms with Crippen molar-refractivity contribution in [2.24, 2.45) is 0 Å². The Morgan fingerprint density at radius 1 is 1.09 bits per heavy atom. The second kappa shape index (κ2) is 10.4. The van der Waals surface area contributed by atoms with Gasteiger partial charge < -0.3 is 18.9 Å². The molecule has 0 bridgehead atoms. The maximum atomic E-state index is 5.62. The SMILES string of the molecule is CCC(CN(C)CCOC)n1cc(C)c2nc(-c3ccc(C(C)C)nc3OC)c(C)nc21. The van der Waals surface area contributed by atoms with E-state index in [1.165, 1.54) is 0 Å². The highest BCUT2D eigenvalue weighted by molar-refractivity contribution is 5.81. The number of rotatable bonds is 10. The lowest BCUT2D eigenvalue weighted by molar-refractivity contribution is 0.152. The predicted octanol–water partition coefficient (Wildman–Crippen LogP) is 4.77. The lowest BCUT2D eigenvalue weighted by Gasteiger charge is -2.24. The standard InChI is InChI=1S/C25H37N5O2/c1-9-19(15-29(6)12-13-31-7)30-14-17(4)22-24(30)26-18(5)23(28-22)20-10-11-21(16(2)3)27-25(20)32-8/h10-11,14,16,19H,9,12-13,15H2,1-8H3. The number of hydrogen-bond donors (Lipinski definition) is 0. The highest BCUT2D eigenvalue weighted by Gasteiger charge is 2.21. The van der Waals surface area contributed by atoms with E-state index in [2.05, 4.69) is 62.5 Å². The van der Waals surface area contributed by atoms with Crippen LogP contribution in [-0.2, 0) is 4.74 Å². The van der Waals surface area contributed by atoms with Gasteiger partial charge in [-0.3, -0.25) is 0 Å². The summed E-state index contributed by atoms with van der Waals surface area (Å²) in [5, 5.41) is 0. The second-order valence-electron chi connectivity index (χ2n) is 8.81. The molecule has 0 aromatic carbocycles. The first-order valence-electron chi connectivity index (χ1n) is 11.4. The Morgan fingerprint density at radius 3 is 2.47 bits per heavy atom. The quantitative estimate of drug-likeness (QED) is 0.453. The van der Waals surface area contributed by atoms with Crippen LogP contribution in [0.2, 0.25) is 0 Å². The van der Waals surface area contributed by atoms with E-state index in [-0.39, 0.29) is 0 Å². The number of aryl methyl sites for hydroxylation is 2. The van der Waals surface area contributed by atoms with E-state index in [4.69, 9.17) is 24.4 Å². The monoisotopic (exact) mass is 439 g/mol. The molecule has 0 aliphatic carbocycles. The molecule has 0 saturated carbocycles. The fraction of sp³-hybridized carbons (Fsp3) is 0.560. The molecular weight excluding hydrogens is 402 g/mol. The lowest BCUT2D eigenvalue weighted by atomic mass is 10.1. The zero-order chi connectivity index (χ0) is 23.4. The van der Waals surface area contributed by atoms with Crippen LogP contribution in [0.3, 0.4) is 0 Å². The van der Waals surface area contributed by atoms with Crippen molar-refractivity contribution >= 4 is 11.2 Å². The normalized spacial score (nSPS) is 12.8. The summed E-state index contributed by atoms with van der Waals surface area (Å²) in [5.74, 6) is 0.924. The Kier molecular flexibility index (Phi) is 7.85. The van der Waals surface area contributed by atoms with Crippen LogP contribution in [0.1, 0.15) is 56.1 Å². The summed E-state index contributed by atoms with van der Waals surface area (Å²) in [4.78, 5) is 17.1. The van der Waals surface area contributed by atoms with Gasteiger partial charge in [0.15, 0.2) is 5.65 Å². The Morgan fingerprint density at radius 2 is 1.84 bits per heavy atom. The summed E-state index contributed by atoms with van der Waals surface area (Å²) in [6.45, 7) is 13.1. The molecular formula is C25H37N5O2. The van der Waals surface area contributed by atoms with Crippen LogP contribution < -0.4 is 4.74 Å². The fourth-order valence-corrected chi connectivity index (χ4v) is 4.04. The molecule has 7 heteroatoms. The molecule has 0 spiro atoms. The van der Waals surface area contributed by atoms with Crippen LogP contribution in [0.25, 0.3) is 22.4 Å². The zero-order valence-electron chi connectivity index (χ0n) is 20.8. The van der Waals surface area contributed by atoms with Crippen molar-refractivity contribution < 1.29 is 9.47 Å². The van der Waals surface area contributed by atoms with Crippen molar-refractivity contribution in [1.29, 1.82) is 0 Å². The van der Waals surface area contributed by atoms with Crippen molar-refractivity contribution in [1.82, 2.24) is 24.4 Å². The lowest BCUT2D eigenvalue weighted by Crippen LogP contribution is -2.30. The van der Waals surface area contributed by atoms with Gasteiger partial charge in [0.1, 0.15) is 5.52 Å². The highest BCUT2D eigenvalue weighted by atomic mass is 16.5. The molecule has 174 valence electrons. The molecule has 0 fully saturated rings. The average Bonchev–Trinajstić information content (AvgIpc) is 3.09. The zero-order valence-corrected chi connectivity index (χ0v) is 20.8. The molecule has 0 amide bonds. The number of hydrogen-bond acceptors (Lipinski definition) is 6. The van der Waals surface area contributed by atoms with E-state index in [0.717, 1.165) is 65.5 Å². The Labute approximate surface area is 191 Å². The van der Waals surface area contributed by atoms with Crippen LogP contribution in [0.4, 0.5) is 0 Å². The van der Waals surface area contributed by atoms with Gasteiger partial charge in [-0.1, -0.05) is 20.8 Å². The molecule has 1 atom stereocenters.